The van der Waals surface area contributed by atoms with Crippen LogP contribution < -0.4 is 4.74 Å². The second kappa shape index (κ2) is 9.27. The highest BCUT2D eigenvalue weighted by molar-refractivity contribution is 9.10. The Labute approximate surface area is 224 Å². The monoisotopic (exact) mass is 549 g/mol. The van der Waals surface area contributed by atoms with E-state index in [1.54, 1.807) is 5.57 Å². The number of benzene rings is 1. The summed E-state index contributed by atoms with van der Waals surface area (Å²) in [6, 6.07) is 13.0. The van der Waals surface area contributed by atoms with Crippen LogP contribution in [0.15, 0.2) is 52.5 Å². The predicted molar refractivity (Wildman–Crippen MR) is 149 cm³/mol. The summed E-state index contributed by atoms with van der Waals surface area (Å²) in [5.41, 5.74) is 5.78. The Morgan fingerprint density at radius 2 is 1.81 bits per heavy atom. The zero-order valence-corrected chi connectivity index (χ0v) is 23.6. The molecule has 6 rings (SSSR count). The van der Waals surface area contributed by atoms with Crippen molar-refractivity contribution in [2.24, 2.45) is 28.6 Å². The molecular weight excluding hydrogens is 510 g/mol. The third-order valence-electron chi connectivity index (χ3n) is 10.7. The van der Waals surface area contributed by atoms with E-state index < -0.39 is 0 Å². The molecule has 1 aromatic carbocycles. The fourth-order valence-corrected chi connectivity index (χ4v) is 9.13. The molecular formula is C32H40BrNO2. The maximum atomic E-state index is 10.3. The zero-order chi connectivity index (χ0) is 25.1. The number of aromatic nitrogens is 1. The van der Waals surface area contributed by atoms with Gasteiger partial charge in [-0.25, -0.2) is 4.98 Å². The zero-order valence-electron chi connectivity index (χ0n) is 22.0. The van der Waals surface area contributed by atoms with E-state index in [9.17, 15) is 5.11 Å². The van der Waals surface area contributed by atoms with E-state index in [4.69, 9.17) is 9.72 Å². The lowest BCUT2D eigenvalue weighted by Gasteiger charge is -2.58. The molecule has 192 valence electrons. The van der Waals surface area contributed by atoms with Gasteiger partial charge in [0.2, 0.25) is 5.88 Å². The molecule has 3 nitrogen and oxygen atoms in total. The van der Waals surface area contributed by atoms with Gasteiger partial charge < -0.3 is 9.84 Å². The van der Waals surface area contributed by atoms with Crippen molar-refractivity contribution >= 4 is 15.9 Å². The summed E-state index contributed by atoms with van der Waals surface area (Å²) < 4.78 is 7.08. The second-order valence-electron chi connectivity index (χ2n) is 12.4. The first kappa shape index (κ1) is 24.7. The molecule has 0 spiro atoms. The topological polar surface area (TPSA) is 42.4 Å². The van der Waals surface area contributed by atoms with Gasteiger partial charge in [0.15, 0.2) is 0 Å². The van der Waals surface area contributed by atoms with E-state index >= 15 is 0 Å². The number of rotatable bonds is 4. The minimum absolute atomic E-state index is 0.130. The van der Waals surface area contributed by atoms with Crippen molar-refractivity contribution in [1.82, 2.24) is 4.98 Å². The molecule has 0 bridgehead atoms. The molecule has 0 aliphatic heterocycles. The highest BCUT2D eigenvalue weighted by atomic mass is 79.9. The van der Waals surface area contributed by atoms with Gasteiger partial charge in [0, 0.05) is 22.2 Å². The molecule has 3 fully saturated rings. The van der Waals surface area contributed by atoms with Gasteiger partial charge in [-0.1, -0.05) is 53.6 Å². The van der Waals surface area contributed by atoms with Crippen molar-refractivity contribution in [3.8, 4) is 17.0 Å². The minimum Gasteiger partial charge on any atom is -0.478 e. The SMILES string of the molecule is CCOc1cc(-c2ccc(Br)cc2)cc([C@H]2CC[C@H]3[C@@H]4CC=C5C[C@@H](O)CC[C@]5(C)[C@H]4CC[C@]23C)n1. The Balaban J connectivity index is 1.33. The van der Waals surface area contributed by atoms with Crippen LogP contribution in [0.1, 0.15) is 83.7 Å². The molecule has 0 radical (unpaired) electrons. The van der Waals surface area contributed by atoms with Gasteiger partial charge in [-0.05, 0) is 116 Å². The molecule has 7 atom stereocenters. The summed E-state index contributed by atoms with van der Waals surface area (Å²) in [5.74, 6) is 3.51. The largest absolute Gasteiger partial charge is 0.478 e. The summed E-state index contributed by atoms with van der Waals surface area (Å²) in [4.78, 5) is 5.10. The van der Waals surface area contributed by atoms with Crippen LogP contribution in [-0.4, -0.2) is 22.8 Å². The summed E-state index contributed by atoms with van der Waals surface area (Å²) >= 11 is 3.57. The summed E-state index contributed by atoms with van der Waals surface area (Å²) in [7, 11) is 0. The minimum atomic E-state index is -0.130. The van der Waals surface area contributed by atoms with Crippen LogP contribution in [0.25, 0.3) is 11.1 Å². The van der Waals surface area contributed by atoms with Crippen LogP contribution in [0.2, 0.25) is 0 Å². The van der Waals surface area contributed by atoms with E-state index in [1.807, 2.05) is 6.92 Å². The Bertz CT molecular complexity index is 1160. The van der Waals surface area contributed by atoms with Gasteiger partial charge >= 0.3 is 0 Å². The maximum Gasteiger partial charge on any atom is 0.214 e. The van der Waals surface area contributed by atoms with Gasteiger partial charge in [0.1, 0.15) is 0 Å². The smallest absolute Gasteiger partial charge is 0.214 e. The molecule has 4 heteroatoms. The van der Waals surface area contributed by atoms with Crippen LogP contribution in [0.3, 0.4) is 0 Å². The fraction of sp³-hybridized carbons (Fsp3) is 0.594. The van der Waals surface area contributed by atoms with Crippen molar-refractivity contribution < 1.29 is 9.84 Å². The van der Waals surface area contributed by atoms with E-state index in [-0.39, 0.29) is 11.5 Å². The van der Waals surface area contributed by atoms with Gasteiger partial charge in [-0.3, -0.25) is 0 Å². The summed E-state index contributed by atoms with van der Waals surface area (Å²) in [5, 5.41) is 10.3. The second-order valence-corrected chi connectivity index (χ2v) is 13.3. The van der Waals surface area contributed by atoms with Crippen molar-refractivity contribution in [1.29, 1.82) is 0 Å². The Morgan fingerprint density at radius 1 is 1.00 bits per heavy atom. The van der Waals surface area contributed by atoms with E-state index in [2.05, 4.69) is 72.3 Å². The van der Waals surface area contributed by atoms with Crippen molar-refractivity contribution in [3.63, 3.8) is 0 Å². The number of allylic oxidation sites excluding steroid dienone is 1. The van der Waals surface area contributed by atoms with Crippen LogP contribution in [0.4, 0.5) is 0 Å². The molecule has 4 aliphatic rings. The van der Waals surface area contributed by atoms with E-state index in [1.165, 1.54) is 48.9 Å². The normalized spacial score (nSPS) is 37.5. The van der Waals surface area contributed by atoms with Crippen molar-refractivity contribution in [2.75, 3.05) is 6.61 Å². The maximum absolute atomic E-state index is 10.3. The number of hydrogen-bond donors (Lipinski definition) is 1. The number of aliphatic hydroxyl groups excluding tert-OH is 1. The number of aliphatic hydroxyl groups is 1. The van der Waals surface area contributed by atoms with Crippen molar-refractivity contribution in [3.05, 3.63) is 58.2 Å². The van der Waals surface area contributed by atoms with Crippen LogP contribution in [-0.2, 0) is 0 Å². The average Bonchev–Trinajstić information content (AvgIpc) is 3.22. The lowest BCUT2D eigenvalue weighted by molar-refractivity contribution is -0.0412. The van der Waals surface area contributed by atoms with Crippen LogP contribution >= 0.6 is 15.9 Å². The Kier molecular flexibility index (Phi) is 6.36. The number of ether oxygens (including phenoxy) is 1. The van der Waals surface area contributed by atoms with Gasteiger partial charge in [-0.2, -0.15) is 0 Å². The van der Waals surface area contributed by atoms with E-state index in [0.29, 0.717) is 17.9 Å². The third-order valence-corrected chi connectivity index (χ3v) is 11.3. The number of pyridine rings is 1. The third kappa shape index (κ3) is 3.98. The number of halogens is 1. The highest BCUT2D eigenvalue weighted by Crippen LogP contribution is 2.68. The molecule has 0 saturated heterocycles. The molecule has 0 unspecified atom stereocenters. The summed E-state index contributed by atoms with van der Waals surface area (Å²) in [6.45, 7) is 7.77. The molecule has 2 aromatic rings. The molecule has 4 aliphatic carbocycles. The van der Waals surface area contributed by atoms with Crippen LogP contribution in [0.5, 0.6) is 5.88 Å². The predicted octanol–water partition coefficient (Wildman–Crippen LogP) is 8.32. The first-order valence-corrected chi connectivity index (χ1v) is 14.9. The Morgan fingerprint density at radius 3 is 2.58 bits per heavy atom. The first-order chi connectivity index (χ1) is 17.3. The number of fused-ring (bicyclic) bond motifs is 5. The lowest BCUT2D eigenvalue weighted by Crippen LogP contribution is -2.50. The molecule has 1 N–H and O–H groups in total. The van der Waals surface area contributed by atoms with Gasteiger partial charge in [0.05, 0.1) is 12.7 Å². The number of hydrogen-bond acceptors (Lipinski definition) is 3. The lowest BCUT2D eigenvalue weighted by atomic mass is 9.47. The Hall–Kier alpha value is -1.65. The first-order valence-electron chi connectivity index (χ1n) is 14.1. The molecule has 3 saturated carbocycles. The van der Waals surface area contributed by atoms with Gasteiger partial charge in [-0.15, -0.1) is 0 Å². The average molecular weight is 551 g/mol. The molecule has 1 aromatic heterocycles. The summed E-state index contributed by atoms with van der Waals surface area (Å²) in [6.07, 6.45) is 11.8. The standard InChI is InChI=1S/C32H40BrNO2/c1-4-36-30-18-21(20-5-8-23(33)9-6-20)17-29(34-30)28-12-11-26-25-10-7-22-19-24(35)13-15-31(22,2)27(25)14-16-32(26,28)3/h5-9,17-18,24-28,35H,4,10-16,19H2,1-3H3/t24-,25-,26-,27-,28+,31-,32-/m0/s1. The highest BCUT2D eigenvalue weighted by Gasteiger charge is 2.59. The van der Waals surface area contributed by atoms with E-state index in [0.717, 1.165) is 47.4 Å². The molecule has 1 heterocycles. The quantitative estimate of drug-likeness (QED) is 0.389. The fourth-order valence-electron chi connectivity index (χ4n) is 8.86. The van der Waals surface area contributed by atoms with Crippen molar-refractivity contribution in [2.45, 2.75) is 84.2 Å². The molecule has 36 heavy (non-hydrogen) atoms. The number of nitrogens with zero attached hydrogens (tertiary/aromatic N) is 1. The molecule has 0 amide bonds. The van der Waals surface area contributed by atoms with Gasteiger partial charge in [0.25, 0.3) is 0 Å². The van der Waals surface area contributed by atoms with Crippen LogP contribution in [0, 0.1) is 28.6 Å².